The Labute approximate surface area is 109 Å². The number of pyridine rings is 1. The van der Waals surface area contributed by atoms with Crippen LogP contribution in [0.4, 0.5) is 0 Å². The zero-order valence-corrected chi connectivity index (χ0v) is 10.2. The van der Waals surface area contributed by atoms with Gasteiger partial charge in [0.1, 0.15) is 5.75 Å². The molecule has 3 aromatic rings. The number of aryl methyl sites for hydroxylation is 1. The number of benzene rings is 1. The van der Waals surface area contributed by atoms with Crippen molar-refractivity contribution in [3.05, 3.63) is 47.7 Å². The highest BCUT2D eigenvalue weighted by atomic mass is 16.3. The molecule has 2 heterocycles. The lowest BCUT2D eigenvalue weighted by Gasteiger charge is -2.03. The topological polar surface area (TPSA) is 74.2 Å². The zero-order valence-electron chi connectivity index (χ0n) is 10.2. The first kappa shape index (κ1) is 11.2. The van der Waals surface area contributed by atoms with Gasteiger partial charge < -0.3 is 5.11 Å². The minimum atomic E-state index is 0.254. The van der Waals surface area contributed by atoms with Crippen LogP contribution in [0.25, 0.3) is 17.0 Å². The van der Waals surface area contributed by atoms with Gasteiger partial charge in [-0.25, -0.2) is 0 Å². The van der Waals surface area contributed by atoms with Gasteiger partial charge in [-0.2, -0.15) is 5.26 Å². The lowest BCUT2D eigenvalue weighted by Crippen LogP contribution is -1.90. The molecule has 2 aromatic heterocycles. The van der Waals surface area contributed by atoms with Crippen molar-refractivity contribution in [3.63, 3.8) is 0 Å². The van der Waals surface area contributed by atoms with Gasteiger partial charge in [0, 0.05) is 17.8 Å². The van der Waals surface area contributed by atoms with Crippen LogP contribution in [0.15, 0.2) is 36.5 Å². The minimum absolute atomic E-state index is 0.254. The van der Waals surface area contributed by atoms with E-state index in [0.29, 0.717) is 17.0 Å². The summed E-state index contributed by atoms with van der Waals surface area (Å²) in [4.78, 5) is 0. The van der Waals surface area contributed by atoms with E-state index < -0.39 is 0 Å². The fourth-order valence-electron chi connectivity index (χ4n) is 1.95. The van der Waals surface area contributed by atoms with E-state index in [9.17, 15) is 5.11 Å². The summed E-state index contributed by atoms with van der Waals surface area (Å²) in [6.45, 7) is 1.83. The van der Waals surface area contributed by atoms with E-state index in [2.05, 4.69) is 16.3 Å². The highest BCUT2D eigenvalue weighted by Crippen LogP contribution is 2.24. The second kappa shape index (κ2) is 4.10. The molecule has 19 heavy (non-hydrogen) atoms. The summed E-state index contributed by atoms with van der Waals surface area (Å²) in [5.41, 5.74) is 2.82. The van der Waals surface area contributed by atoms with Gasteiger partial charge >= 0.3 is 0 Å². The molecule has 0 fully saturated rings. The first-order chi connectivity index (χ1) is 9.19. The average molecular weight is 250 g/mol. The Morgan fingerprint density at radius 2 is 2.05 bits per heavy atom. The molecule has 5 nitrogen and oxygen atoms in total. The number of fused-ring (bicyclic) bond motifs is 1. The molecular weight excluding hydrogens is 240 g/mol. The Balaban J connectivity index is 2.20. The molecule has 0 spiro atoms. The van der Waals surface area contributed by atoms with Gasteiger partial charge in [-0.05, 0) is 36.8 Å². The van der Waals surface area contributed by atoms with Crippen LogP contribution in [-0.2, 0) is 0 Å². The SMILES string of the molecule is Cc1cc(-c2nnc3cc(C#N)ccn23)ccc1O. The Morgan fingerprint density at radius 1 is 1.21 bits per heavy atom. The molecule has 0 saturated heterocycles. The molecule has 0 unspecified atom stereocenters. The van der Waals surface area contributed by atoms with Gasteiger partial charge in [0.25, 0.3) is 0 Å². The van der Waals surface area contributed by atoms with Crippen LogP contribution < -0.4 is 0 Å². The maximum atomic E-state index is 9.54. The largest absolute Gasteiger partial charge is 0.508 e. The first-order valence-corrected chi connectivity index (χ1v) is 5.74. The van der Waals surface area contributed by atoms with E-state index in [1.807, 2.05) is 17.4 Å². The van der Waals surface area contributed by atoms with Crippen LogP contribution in [0.5, 0.6) is 5.75 Å². The average Bonchev–Trinajstić information content (AvgIpc) is 2.84. The third-order valence-corrected chi connectivity index (χ3v) is 2.99. The van der Waals surface area contributed by atoms with Crippen LogP contribution in [0.1, 0.15) is 11.1 Å². The maximum absolute atomic E-state index is 9.54. The number of aromatic nitrogens is 3. The monoisotopic (exact) mass is 250 g/mol. The van der Waals surface area contributed by atoms with Crippen molar-refractivity contribution < 1.29 is 5.11 Å². The molecule has 1 N–H and O–H groups in total. The summed E-state index contributed by atoms with van der Waals surface area (Å²) >= 11 is 0. The number of hydrogen-bond acceptors (Lipinski definition) is 4. The molecule has 1 aromatic carbocycles. The van der Waals surface area contributed by atoms with E-state index in [4.69, 9.17) is 5.26 Å². The molecule has 92 valence electrons. The Bertz CT molecular complexity index is 814. The van der Waals surface area contributed by atoms with E-state index in [0.717, 1.165) is 11.1 Å². The van der Waals surface area contributed by atoms with E-state index in [-0.39, 0.29) is 5.75 Å². The van der Waals surface area contributed by atoms with Crippen LogP contribution in [0, 0.1) is 18.3 Å². The molecule has 0 aliphatic carbocycles. The molecule has 3 rings (SSSR count). The fraction of sp³-hybridized carbons (Fsp3) is 0.0714. The second-order valence-corrected chi connectivity index (χ2v) is 4.28. The summed E-state index contributed by atoms with van der Waals surface area (Å²) in [7, 11) is 0. The normalized spacial score (nSPS) is 10.5. The molecule has 0 bridgehead atoms. The molecular formula is C14H10N4O. The molecule has 0 aliphatic heterocycles. The summed E-state index contributed by atoms with van der Waals surface area (Å²) < 4.78 is 1.81. The molecule has 0 aliphatic rings. The number of rotatable bonds is 1. The number of aromatic hydroxyl groups is 1. The van der Waals surface area contributed by atoms with Crippen molar-refractivity contribution in [2.24, 2.45) is 0 Å². The van der Waals surface area contributed by atoms with Gasteiger partial charge in [-0.1, -0.05) is 0 Å². The van der Waals surface area contributed by atoms with E-state index in [1.54, 1.807) is 30.5 Å². The van der Waals surface area contributed by atoms with E-state index >= 15 is 0 Å². The Hall–Kier alpha value is -2.87. The minimum Gasteiger partial charge on any atom is -0.508 e. The number of nitrogens with zero attached hydrogens (tertiary/aromatic N) is 4. The van der Waals surface area contributed by atoms with Crippen LogP contribution in [-0.4, -0.2) is 19.7 Å². The highest BCUT2D eigenvalue weighted by molar-refractivity contribution is 5.62. The number of nitriles is 1. The van der Waals surface area contributed by atoms with Crippen molar-refractivity contribution in [2.75, 3.05) is 0 Å². The van der Waals surface area contributed by atoms with Crippen molar-refractivity contribution in [1.29, 1.82) is 5.26 Å². The van der Waals surface area contributed by atoms with Crippen LogP contribution >= 0.6 is 0 Å². The summed E-state index contributed by atoms with van der Waals surface area (Å²) in [5, 5.41) is 26.6. The Kier molecular flexibility index (Phi) is 2.43. The van der Waals surface area contributed by atoms with Crippen molar-refractivity contribution in [1.82, 2.24) is 14.6 Å². The van der Waals surface area contributed by atoms with Crippen molar-refractivity contribution in [2.45, 2.75) is 6.92 Å². The molecule has 5 heteroatoms. The third kappa shape index (κ3) is 1.79. The smallest absolute Gasteiger partial charge is 0.168 e. The van der Waals surface area contributed by atoms with Gasteiger partial charge in [0.05, 0.1) is 11.6 Å². The summed E-state index contributed by atoms with van der Waals surface area (Å²) in [6, 6.07) is 10.7. The van der Waals surface area contributed by atoms with Crippen LogP contribution in [0.3, 0.4) is 0 Å². The van der Waals surface area contributed by atoms with Crippen molar-refractivity contribution in [3.8, 4) is 23.2 Å². The van der Waals surface area contributed by atoms with Gasteiger partial charge in [-0.15, -0.1) is 10.2 Å². The summed E-state index contributed by atoms with van der Waals surface area (Å²) in [5.74, 6) is 0.937. The standard InChI is InChI=1S/C14H10N4O/c1-9-6-11(2-3-12(9)19)14-17-16-13-7-10(8-15)4-5-18(13)14/h2-7,19H,1H3. The second-order valence-electron chi connectivity index (χ2n) is 4.28. The molecule has 0 amide bonds. The van der Waals surface area contributed by atoms with Crippen molar-refractivity contribution >= 4 is 5.65 Å². The number of hydrogen-bond donors (Lipinski definition) is 1. The fourth-order valence-corrected chi connectivity index (χ4v) is 1.95. The maximum Gasteiger partial charge on any atom is 0.168 e. The number of phenols is 1. The summed E-state index contributed by atoms with van der Waals surface area (Å²) in [6.07, 6.45) is 1.77. The van der Waals surface area contributed by atoms with E-state index in [1.165, 1.54) is 0 Å². The van der Waals surface area contributed by atoms with Gasteiger partial charge in [-0.3, -0.25) is 4.40 Å². The first-order valence-electron chi connectivity index (χ1n) is 5.74. The predicted molar refractivity (Wildman–Crippen MR) is 69.5 cm³/mol. The molecule has 0 radical (unpaired) electrons. The highest BCUT2D eigenvalue weighted by Gasteiger charge is 2.09. The van der Waals surface area contributed by atoms with Gasteiger partial charge in [0.2, 0.25) is 0 Å². The lowest BCUT2D eigenvalue weighted by molar-refractivity contribution is 0.471. The predicted octanol–water partition coefficient (Wildman–Crippen LogP) is 2.28. The molecule has 0 atom stereocenters. The zero-order chi connectivity index (χ0) is 13.4. The lowest BCUT2D eigenvalue weighted by atomic mass is 10.1. The third-order valence-electron chi connectivity index (χ3n) is 2.99. The van der Waals surface area contributed by atoms with Crippen LogP contribution in [0.2, 0.25) is 0 Å². The van der Waals surface area contributed by atoms with Gasteiger partial charge in [0.15, 0.2) is 11.5 Å². The Morgan fingerprint density at radius 3 is 2.79 bits per heavy atom. The number of phenolic OH excluding ortho intramolecular Hbond substituents is 1. The quantitative estimate of drug-likeness (QED) is 0.719. The molecule has 0 saturated carbocycles.